The normalized spacial score (nSPS) is 13.6. The molecule has 1 N–H and O–H groups in total. The van der Waals surface area contributed by atoms with Crippen molar-refractivity contribution in [3.05, 3.63) is 75.9 Å². The number of hydrogen-bond acceptors (Lipinski definition) is 5. The number of nitrogens with zero attached hydrogens (tertiary/aromatic N) is 2. The maximum absolute atomic E-state index is 12.1. The van der Waals surface area contributed by atoms with Crippen LogP contribution in [-0.2, 0) is 27.5 Å². The Hall–Kier alpha value is -3.41. The molecule has 2 aromatic carbocycles. The van der Waals surface area contributed by atoms with Gasteiger partial charge >= 0.3 is 0 Å². The van der Waals surface area contributed by atoms with E-state index in [1.807, 2.05) is 25.1 Å². The van der Waals surface area contributed by atoms with Crippen LogP contribution in [0.3, 0.4) is 0 Å². The molecule has 0 heterocycles. The van der Waals surface area contributed by atoms with Gasteiger partial charge in [0.2, 0.25) is 0 Å². The smallest absolute Gasteiger partial charge is 0.273 e. The second kappa shape index (κ2) is 9.19. The Balaban J connectivity index is 1.73. The molecule has 0 fully saturated rings. The Bertz CT molecular complexity index is 1010. The predicted molar refractivity (Wildman–Crippen MR) is 115 cm³/mol. The summed E-state index contributed by atoms with van der Waals surface area (Å²) in [5, 5.41) is 10.7. The lowest BCUT2D eigenvalue weighted by molar-refractivity contribution is -0.114. The molecule has 6 nitrogen and oxygen atoms in total. The highest BCUT2D eigenvalue weighted by atomic mass is 16.6. The molecule has 0 radical (unpaired) electrons. The van der Waals surface area contributed by atoms with Crippen LogP contribution in [0.1, 0.15) is 34.7 Å². The topological polar surface area (TPSA) is 72.3 Å². The average molecular weight is 391 g/mol. The van der Waals surface area contributed by atoms with Crippen molar-refractivity contribution in [2.45, 2.75) is 26.9 Å². The first-order chi connectivity index (χ1) is 14.0. The van der Waals surface area contributed by atoms with Gasteiger partial charge in [0.15, 0.2) is 5.71 Å². The number of carbonyl (C=O) groups excluding carboxylic acids is 1. The van der Waals surface area contributed by atoms with Gasteiger partial charge in [0, 0.05) is 18.2 Å². The fourth-order valence-electron chi connectivity index (χ4n) is 3.26. The molecule has 0 saturated heterocycles. The maximum Gasteiger partial charge on any atom is 0.273 e. The highest BCUT2D eigenvalue weighted by Crippen LogP contribution is 2.26. The van der Waals surface area contributed by atoms with E-state index >= 15 is 0 Å². The number of nitrogens with one attached hydrogen (secondary N) is 1. The number of carbonyl (C=O) groups is 1. The van der Waals surface area contributed by atoms with E-state index in [1.54, 1.807) is 13.1 Å². The number of fused-ring (bicyclic) bond motifs is 1. The van der Waals surface area contributed by atoms with E-state index in [2.05, 4.69) is 46.8 Å². The summed E-state index contributed by atoms with van der Waals surface area (Å²) >= 11 is 0. The Kier molecular flexibility index (Phi) is 6.44. The molecule has 1 aliphatic carbocycles. The average Bonchev–Trinajstić information content (AvgIpc) is 3.15. The molecule has 150 valence electrons. The van der Waals surface area contributed by atoms with Gasteiger partial charge in [-0.2, -0.15) is 0 Å². The van der Waals surface area contributed by atoms with Crippen molar-refractivity contribution < 1.29 is 14.5 Å². The van der Waals surface area contributed by atoms with E-state index in [0.717, 1.165) is 23.3 Å². The van der Waals surface area contributed by atoms with Gasteiger partial charge in [0.25, 0.3) is 5.91 Å². The monoisotopic (exact) mass is 391 g/mol. The van der Waals surface area contributed by atoms with Gasteiger partial charge in [0.05, 0.1) is 5.71 Å². The zero-order valence-corrected chi connectivity index (χ0v) is 17.2. The van der Waals surface area contributed by atoms with E-state index in [0.29, 0.717) is 5.56 Å². The zero-order chi connectivity index (χ0) is 20.8. The number of hydrogen-bond donors (Lipinski definition) is 1. The summed E-state index contributed by atoms with van der Waals surface area (Å²) in [6.45, 7) is 4.26. The van der Waals surface area contributed by atoms with Crippen LogP contribution in [0.2, 0.25) is 0 Å². The molecule has 0 atom stereocenters. The quantitative estimate of drug-likeness (QED) is 0.579. The van der Waals surface area contributed by atoms with Crippen LogP contribution >= 0.6 is 0 Å². The standard InChI is InChI=1S/C23H25N3O3/c1-15-9-10-17-12-19(13-20(17)11-15)16(2)25-29-14-18-7-5-6-8-21(18)22(26-28-4)23(27)24-3/h5-12H,13-14H2,1-4H3,(H,24,27)/b25-16+,26-22-. The summed E-state index contributed by atoms with van der Waals surface area (Å²) < 4.78 is 0. The molecule has 0 aliphatic heterocycles. The predicted octanol–water partition coefficient (Wildman–Crippen LogP) is 3.62. The van der Waals surface area contributed by atoms with Gasteiger partial charge in [-0.15, -0.1) is 0 Å². The van der Waals surface area contributed by atoms with Gasteiger partial charge in [-0.3, -0.25) is 4.79 Å². The first-order valence-electron chi connectivity index (χ1n) is 9.42. The molecular weight excluding hydrogens is 366 g/mol. The number of rotatable bonds is 7. The molecular formula is C23H25N3O3. The third-order valence-electron chi connectivity index (χ3n) is 4.79. The maximum atomic E-state index is 12.1. The molecule has 0 unspecified atom stereocenters. The number of allylic oxidation sites excluding steroid dienone is 1. The third-order valence-corrected chi connectivity index (χ3v) is 4.79. The number of likely N-dealkylation sites (N-methyl/N-ethyl adjacent to an activating group) is 1. The van der Waals surface area contributed by atoms with Crippen molar-refractivity contribution in [2.24, 2.45) is 10.3 Å². The zero-order valence-electron chi connectivity index (χ0n) is 17.2. The summed E-state index contributed by atoms with van der Waals surface area (Å²) in [5.41, 5.74) is 7.42. The summed E-state index contributed by atoms with van der Waals surface area (Å²) in [6.07, 6.45) is 3.01. The van der Waals surface area contributed by atoms with E-state index in [-0.39, 0.29) is 18.2 Å². The van der Waals surface area contributed by atoms with Gasteiger partial charge in [-0.1, -0.05) is 58.3 Å². The van der Waals surface area contributed by atoms with Crippen LogP contribution in [0.15, 0.2) is 58.3 Å². The van der Waals surface area contributed by atoms with Crippen molar-refractivity contribution in [3.63, 3.8) is 0 Å². The van der Waals surface area contributed by atoms with Crippen molar-refractivity contribution in [1.29, 1.82) is 0 Å². The minimum atomic E-state index is -0.330. The molecule has 0 spiro atoms. The van der Waals surface area contributed by atoms with Crippen LogP contribution in [0.5, 0.6) is 0 Å². The highest BCUT2D eigenvalue weighted by Gasteiger charge is 2.18. The van der Waals surface area contributed by atoms with Crippen molar-refractivity contribution in [2.75, 3.05) is 14.2 Å². The van der Waals surface area contributed by atoms with E-state index in [9.17, 15) is 4.79 Å². The molecule has 0 bridgehead atoms. The van der Waals surface area contributed by atoms with Crippen molar-refractivity contribution in [1.82, 2.24) is 5.32 Å². The van der Waals surface area contributed by atoms with E-state index in [1.165, 1.54) is 23.8 Å². The molecule has 6 heteroatoms. The van der Waals surface area contributed by atoms with Crippen molar-refractivity contribution >= 4 is 23.4 Å². The second-order valence-electron chi connectivity index (χ2n) is 6.86. The van der Waals surface area contributed by atoms with Gasteiger partial charge in [-0.05, 0) is 43.0 Å². The first kappa shape index (κ1) is 20.3. The summed E-state index contributed by atoms with van der Waals surface area (Å²) in [4.78, 5) is 22.6. The number of oxime groups is 2. The number of amides is 1. The fourth-order valence-corrected chi connectivity index (χ4v) is 3.26. The van der Waals surface area contributed by atoms with E-state index < -0.39 is 0 Å². The number of aryl methyl sites for hydroxylation is 1. The lowest BCUT2D eigenvalue weighted by Gasteiger charge is -2.10. The van der Waals surface area contributed by atoms with Crippen LogP contribution in [0.4, 0.5) is 0 Å². The highest BCUT2D eigenvalue weighted by molar-refractivity contribution is 6.45. The molecule has 2 aromatic rings. The molecule has 3 rings (SSSR count). The Morgan fingerprint density at radius 1 is 1.17 bits per heavy atom. The largest absolute Gasteiger partial charge is 0.398 e. The van der Waals surface area contributed by atoms with E-state index in [4.69, 9.17) is 9.68 Å². The number of benzene rings is 2. The summed E-state index contributed by atoms with van der Waals surface area (Å²) in [5.74, 6) is -0.330. The van der Waals surface area contributed by atoms with Crippen LogP contribution in [-0.4, -0.2) is 31.5 Å². The molecule has 0 aromatic heterocycles. The first-order valence-corrected chi connectivity index (χ1v) is 9.42. The molecule has 29 heavy (non-hydrogen) atoms. The lowest BCUT2D eigenvalue weighted by Crippen LogP contribution is -2.29. The third kappa shape index (κ3) is 4.71. The minimum absolute atomic E-state index is 0.194. The molecule has 1 amide bonds. The second-order valence-corrected chi connectivity index (χ2v) is 6.86. The molecule has 1 aliphatic rings. The van der Waals surface area contributed by atoms with Crippen LogP contribution in [0.25, 0.3) is 6.08 Å². The Morgan fingerprint density at radius 3 is 2.72 bits per heavy atom. The SMILES string of the molecule is CNC(=O)/C(=N\OC)c1ccccc1CO/N=C(\C)C1=Cc2ccc(C)cc2C1. The van der Waals surface area contributed by atoms with Crippen LogP contribution in [0, 0.1) is 6.92 Å². The fraction of sp³-hybridized carbons (Fsp3) is 0.261. The summed E-state index contributed by atoms with van der Waals surface area (Å²) in [6, 6.07) is 13.9. The Labute approximate surface area is 170 Å². The minimum Gasteiger partial charge on any atom is -0.398 e. The summed E-state index contributed by atoms with van der Waals surface area (Å²) in [7, 11) is 2.96. The van der Waals surface area contributed by atoms with Gasteiger partial charge in [0.1, 0.15) is 13.7 Å². The van der Waals surface area contributed by atoms with Crippen molar-refractivity contribution in [3.8, 4) is 0 Å². The molecule has 0 saturated carbocycles. The van der Waals surface area contributed by atoms with Gasteiger partial charge < -0.3 is 15.0 Å². The lowest BCUT2D eigenvalue weighted by atomic mass is 10.0. The van der Waals surface area contributed by atoms with Crippen LogP contribution < -0.4 is 5.32 Å². The van der Waals surface area contributed by atoms with Gasteiger partial charge in [-0.25, -0.2) is 0 Å². The Morgan fingerprint density at radius 2 is 1.97 bits per heavy atom.